The van der Waals surface area contributed by atoms with E-state index in [0.717, 1.165) is 4.47 Å². The Labute approximate surface area is 113 Å². The summed E-state index contributed by atoms with van der Waals surface area (Å²) < 4.78 is 0.739. The number of nitrogens with zero attached hydrogens (tertiary/aromatic N) is 2. The normalized spacial score (nSPS) is 10.1. The summed E-state index contributed by atoms with van der Waals surface area (Å²) in [4.78, 5) is 19.8. The number of aromatic nitrogens is 2. The standard InChI is InChI=1S/C12H11BrN4O/c13-10-7-15-4-3-11(10)17-12(18)5-9-2-1-8(14)6-16-9/h1-4,6-7H,5,14H2,(H,15,17,18). The van der Waals surface area contributed by atoms with E-state index < -0.39 is 0 Å². The third kappa shape index (κ3) is 3.27. The second-order valence-electron chi connectivity index (χ2n) is 3.66. The van der Waals surface area contributed by atoms with Crippen molar-refractivity contribution in [3.05, 3.63) is 47.0 Å². The van der Waals surface area contributed by atoms with Gasteiger partial charge < -0.3 is 11.1 Å². The Morgan fingerprint density at radius 3 is 2.83 bits per heavy atom. The number of hydrogen-bond acceptors (Lipinski definition) is 4. The molecule has 5 nitrogen and oxygen atoms in total. The summed E-state index contributed by atoms with van der Waals surface area (Å²) in [7, 11) is 0. The summed E-state index contributed by atoms with van der Waals surface area (Å²) in [6.07, 6.45) is 4.97. The lowest BCUT2D eigenvalue weighted by molar-refractivity contribution is -0.115. The molecule has 2 rings (SSSR count). The van der Waals surface area contributed by atoms with Gasteiger partial charge in [0, 0.05) is 18.1 Å². The topological polar surface area (TPSA) is 80.9 Å². The molecular formula is C12H11BrN4O. The first-order valence-corrected chi connectivity index (χ1v) is 6.04. The minimum Gasteiger partial charge on any atom is -0.397 e. The number of nitrogens with one attached hydrogen (secondary N) is 1. The van der Waals surface area contributed by atoms with E-state index >= 15 is 0 Å². The van der Waals surface area contributed by atoms with Crippen molar-refractivity contribution in [2.24, 2.45) is 0 Å². The van der Waals surface area contributed by atoms with Gasteiger partial charge in [-0.2, -0.15) is 0 Å². The van der Waals surface area contributed by atoms with Crippen molar-refractivity contribution in [1.82, 2.24) is 9.97 Å². The van der Waals surface area contributed by atoms with Crippen LogP contribution < -0.4 is 11.1 Å². The molecule has 0 saturated carbocycles. The van der Waals surface area contributed by atoms with Crippen LogP contribution in [-0.2, 0) is 11.2 Å². The molecule has 3 N–H and O–H groups in total. The fraction of sp³-hybridized carbons (Fsp3) is 0.0833. The number of rotatable bonds is 3. The van der Waals surface area contributed by atoms with E-state index in [9.17, 15) is 4.79 Å². The van der Waals surface area contributed by atoms with Crippen LogP contribution in [0.3, 0.4) is 0 Å². The Morgan fingerprint density at radius 2 is 2.17 bits per heavy atom. The lowest BCUT2D eigenvalue weighted by Crippen LogP contribution is -2.15. The minimum absolute atomic E-state index is 0.140. The third-order valence-electron chi connectivity index (χ3n) is 2.24. The molecule has 0 aliphatic heterocycles. The van der Waals surface area contributed by atoms with E-state index in [4.69, 9.17) is 5.73 Å². The lowest BCUT2D eigenvalue weighted by Gasteiger charge is -2.06. The predicted octanol–water partition coefficient (Wildman–Crippen LogP) is 2.00. The summed E-state index contributed by atoms with van der Waals surface area (Å²) >= 11 is 3.31. The van der Waals surface area contributed by atoms with Crippen LogP contribution in [0.25, 0.3) is 0 Å². The fourth-order valence-corrected chi connectivity index (χ4v) is 1.73. The highest BCUT2D eigenvalue weighted by Gasteiger charge is 2.07. The van der Waals surface area contributed by atoms with E-state index in [-0.39, 0.29) is 12.3 Å². The molecule has 18 heavy (non-hydrogen) atoms. The monoisotopic (exact) mass is 306 g/mol. The Bertz CT molecular complexity index is 556. The molecule has 0 atom stereocenters. The molecule has 2 aromatic rings. The van der Waals surface area contributed by atoms with Gasteiger partial charge in [0.05, 0.1) is 28.5 Å². The lowest BCUT2D eigenvalue weighted by atomic mass is 10.2. The number of carbonyl (C=O) groups is 1. The van der Waals surface area contributed by atoms with Gasteiger partial charge in [0.25, 0.3) is 0 Å². The van der Waals surface area contributed by atoms with Crippen molar-refractivity contribution in [3.8, 4) is 0 Å². The van der Waals surface area contributed by atoms with Crippen molar-refractivity contribution >= 4 is 33.2 Å². The molecule has 0 aliphatic carbocycles. The molecule has 0 radical (unpaired) electrons. The number of anilines is 2. The predicted molar refractivity (Wildman–Crippen MR) is 72.9 cm³/mol. The van der Waals surface area contributed by atoms with E-state index in [1.165, 1.54) is 6.20 Å². The van der Waals surface area contributed by atoms with Gasteiger partial charge in [-0.15, -0.1) is 0 Å². The van der Waals surface area contributed by atoms with Gasteiger partial charge >= 0.3 is 0 Å². The van der Waals surface area contributed by atoms with E-state index in [2.05, 4.69) is 31.2 Å². The first-order chi connectivity index (χ1) is 8.65. The van der Waals surface area contributed by atoms with E-state index in [1.807, 2.05) is 0 Å². The number of pyridine rings is 2. The zero-order valence-corrected chi connectivity index (χ0v) is 11.0. The Kier molecular flexibility index (Phi) is 3.88. The van der Waals surface area contributed by atoms with Crippen LogP contribution in [0.4, 0.5) is 11.4 Å². The maximum Gasteiger partial charge on any atom is 0.230 e. The molecule has 0 fully saturated rings. The second-order valence-corrected chi connectivity index (χ2v) is 4.52. The Hall–Kier alpha value is -1.95. The Balaban J connectivity index is 2.01. The highest BCUT2D eigenvalue weighted by atomic mass is 79.9. The van der Waals surface area contributed by atoms with Gasteiger partial charge in [0.1, 0.15) is 0 Å². The van der Waals surface area contributed by atoms with Crippen LogP contribution in [0.1, 0.15) is 5.69 Å². The number of halogens is 1. The molecule has 0 bridgehead atoms. The van der Waals surface area contributed by atoms with Gasteiger partial charge in [-0.1, -0.05) is 0 Å². The molecular weight excluding hydrogens is 296 g/mol. The molecule has 2 heterocycles. The molecule has 0 unspecified atom stereocenters. The highest BCUT2D eigenvalue weighted by Crippen LogP contribution is 2.19. The van der Waals surface area contributed by atoms with Crippen LogP contribution in [0.5, 0.6) is 0 Å². The molecule has 0 aliphatic rings. The first-order valence-electron chi connectivity index (χ1n) is 5.25. The van der Waals surface area contributed by atoms with Gasteiger partial charge in [0.2, 0.25) is 5.91 Å². The molecule has 2 aromatic heterocycles. The average molecular weight is 307 g/mol. The maximum absolute atomic E-state index is 11.8. The molecule has 1 amide bonds. The zero-order valence-electron chi connectivity index (χ0n) is 9.43. The van der Waals surface area contributed by atoms with Crippen molar-refractivity contribution in [1.29, 1.82) is 0 Å². The number of amides is 1. The Morgan fingerprint density at radius 1 is 1.33 bits per heavy atom. The first kappa shape index (κ1) is 12.5. The van der Waals surface area contributed by atoms with Gasteiger partial charge in [-0.05, 0) is 34.1 Å². The number of carbonyl (C=O) groups excluding carboxylic acids is 1. The SMILES string of the molecule is Nc1ccc(CC(=O)Nc2ccncc2Br)nc1. The summed E-state index contributed by atoms with van der Waals surface area (Å²) in [6.45, 7) is 0. The largest absolute Gasteiger partial charge is 0.397 e. The quantitative estimate of drug-likeness (QED) is 0.909. The summed E-state index contributed by atoms with van der Waals surface area (Å²) in [5, 5.41) is 2.78. The van der Waals surface area contributed by atoms with E-state index in [1.54, 1.807) is 30.6 Å². The molecule has 6 heteroatoms. The number of nitrogens with two attached hydrogens (primary N) is 1. The minimum atomic E-state index is -0.140. The summed E-state index contributed by atoms with van der Waals surface area (Å²) in [5.41, 5.74) is 7.46. The zero-order chi connectivity index (χ0) is 13.0. The van der Waals surface area contributed by atoms with Gasteiger partial charge in [-0.3, -0.25) is 14.8 Å². The van der Waals surface area contributed by atoms with E-state index in [0.29, 0.717) is 17.1 Å². The number of nitrogen functional groups attached to an aromatic ring is 1. The summed E-state index contributed by atoms with van der Waals surface area (Å²) in [5.74, 6) is -0.140. The van der Waals surface area contributed by atoms with Crippen LogP contribution >= 0.6 is 15.9 Å². The number of hydrogen-bond donors (Lipinski definition) is 2. The van der Waals surface area contributed by atoms with Crippen molar-refractivity contribution in [2.45, 2.75) is 6.42 Å². The van der Waals surface area contributed by atoms with Crippen molar-refractivity contribution in [3.63, 3.8) is 0 Å². The van der Waals surface area contributed by atoms with Crippen molar-refractivity contribution in [2.75, 3.05) is 11.1 Å². The smallest absolute Gasteiger partial charge is 0.230 e. The van der Waals surface area contributed by atoms with Crippen LogP contribution in [0.15, 0.2) is 41.3 Å². The summed E-state index contributed by atoms with van der Waals surface area (Å²) in [6, 6.07) is 5.17. The van der Waals surface area contributed by atoms with Crippen LogP contribution in [-0.4, -0.2) is 15.9 Å². The average Bonchev–Trinajstić information content (AvgIpc) is 2.35. The van der Waals surface area contributed by atoms with Gasteiger partial charge in [0.15, 0.2) is 0 Å². The third-order valence-corrected chi connectivity index (χ3v) is 2.87. The molecule has 0 saturated heterocycles. The van der Waals surface area contributed by atoms with Gasteiger partial charge in [-0.25, -0.2) is 0 Å². The highest BCUT2D eigenvalue weighted by molar-refractivity contribution is 9.10. The molecule has 0 aromatic carbocycles. The van der Waals surface area contributed by atoms with Crippen LogP contribution in [0, 0.1) is 0 Å². The second kappa shape index (κ2) is 5.59. The van der Waals surface area contributed by atoms with Crippen molar-refractivity contribution < 1.29 is 4.79 Å². The maximum atomic E-state index is 11.8. The van der Waals surface area contributed by atoms with Crippen LogP contribution in [0.2, 0.25) is 0 Å². The molecule has 92 valence electrons. The molecule has 0 spiro atoms. The fourth-order valence-electron chi connectivity index (χ4n) is 1.38.